The van der Waals surface area contributed by atoms with E-state index >= 15 is 0 Å². The van der Waals surface area contributed by atoms with Gasteiger partial charge in [-0.05, 0) is 32.7 Å². The zero-order valence-corrected chi connectivity index (χ0v) is 8.99. The molecule has 1 saturated heterocycles. The Morgan fingerprint density at radius 1 is 1.57 bits per heavy atom. The number of carbonyl (C=O) groups excluding carboxylic acids is 1. The second-order valence-corrected chi connectivity index (χ2v) is 3.99. The first kappa shape index (κ1) is 11.5. The van der Waals surface area contributed by atoms with Gasteiger partial charge in [0, 0.05) is 13.1 Å². The Morgan fingerprint density at radius 3 is 2.57 bits per heavy atom. The van der Waals surface area contributed by atoms with Crippen LogP contribution in [0.25, 0.3) is 0 Å². The van der Waals surface area contributed by atoms with Crippen LogP contribution in [0.15, 0.2) is 0 Å². The molecule has 0 aromatic rings. The van der Waals surface area contributed by atoms with Crippen molar-refractivity contribution < 1.29 is 9.90 Å². The monoisotopic (exact) mass is 200 g/mol. The molecule has 0 aromatic heterocycles. The smallest absolute Gasteiger partial charge is 0.236 e. The number of amides is 1. The molecule has 1 amide bonds. The highest BCUT2D eigenvalue weighted by atomic mass is 16.3. The van der Waals surface area contributed by atoms with Crippen molar-refractivity contribution >= 4 is 5.91 Å². The largest absolute Gasteiger partial charge is 0.393 e. The van der Waals surface area contributed by atoms with E-state index in [0.29, 0.717) is 12.5 Å². The SMILES string of the molecule is CNCC(=O)N1CCC([C@@H](C)O)CC1. The summed E-state index contributed by atoms with van der Waals surface area (Å²) in [5.74, 6) is 0.533. The lowest BCUT2D eigenvalue weighted by Crippen LogP contribution is -2.43. The number of piperidine rings is 1. The third-order valence-corrected chi connectivity index (χ3v) is 2.90. The molecule has 0 saturated carbocycles. The molecular weight excluding hydrogens is 180 g/mol. The third-order valence-electron chi connectivity index (χ3n) is 2.90. The molecule has 1 rings (SSSR count). The van der Waals surface area contributed by atoms with Gasteiger partial charge in [0.1, 0.15) is 0 Å². The molecule has 4 heteroatoms. The van der Waals surface area contributed by atoms with E-state index in [0.717, 1.165) is 25.9 Å². The normalized spacial score (nSPS) is 20.9. The molecule has 0 bridgehead atoms. The molecule has 82 valence electrons. The predicted octanol–water partition coefficient (Wildman–Crippen LogP) is -0.175. The van der Waals surface area contributed by atoms with Crippen LogP contribution in [0.5, 0.6) is 0 Å². The second kappa shape index (κ2) is 5.32. The lowest BCUT2D eigenvalue weighted by molar-refractivity contribution is -0.132. The Bertz CT molecular complexity index is 187. The van der Waals surface area contributed by atoms with Crippen LogP contribution < -0.4 is 5.32 Å². The molecule has 1 aliphatic heterocycles. The molecule has 0 radical (unpaired) electrons. The number of aliphatic hydroxyl groups excluding tert-OH is 1. The van der Waals surface area contributed by atoms with Gasteiger partial charge in [0.25, 0.3) is 0 Å². The summed E-state index contributed by atoms with van der Waals surface area (Å²) in [5, 5.41) is 12.2. The van der Waals surface area contributed by atoms with Crippen molar-refractivity contribution in [3.05, 3.63) is 0 Å². The van der Waals surface area contributed by atoms with Gasteiger partial charge >= 0.3 is 0 Å². The minimum Gasteiger partial charge on any atom is -0.393 e. The second-order valence-electron chi connectivity index (χ2n) is 3.99. The summed E-state index contributed by atoms with van der Waals surface area (Å²) >= 11 is 0. The lowest BCUT2D eigenvalue weighted by atomic mass is 9.92. The summed E-state index contributed by atoms with van der Waals surface area (Å²) in [4.78, 5) is 13.3. The number of likely N-dealkylation sites (N-methyl/N-ethyl adjacent to an activating group) is 1. The molecule has 1 aliphatic rings. The lowest BCUT2D eigenvalue weighted by Gasteiger charge is -2.33. The molecule has 2 N–H and O–H groups in total. The zero-order valence-electron chi connectivity index (χ0n) is 8.99. The summed E-state index contributed by atoms with van der Waals surface area (Å²) in [6.45, 7) is 3.82. The highest BCUT2D eigenvalue weighted by Crippen LogP contribution is 2.20. The predicted molar refractivity (Wildman–Crippen MR) is 54.9 cm³/mol. The molecule has 0 unspecified atom stereocenters. The van der Waals surface area contributed by atoms with Gasteiger partial charge in [-0.2, -0.15) is 0 Å². The van der Waals surface area contributed by atoms with Gasteiger partial charge in [-0.1, -0.05) is 0 Å². The van der Waals surface area contributed by atoms with Crippen molar-refractivity contribution in [1.29, 1.82) is 0 Å². The molecule has 4 nitrogen and oxygen atoms in total. The van der Waals surface area contributed by atoms with E-state index in [4.69, 9.17) is 0 Å². The molecule has 0 aromatic carbocycles. The molecule has 1 heterocycles. The molecular formula is C10H20N2O2. The van der Waals surface area contributed by atoms with Gasteiger partial charge in [-0.3, -0.25) is 4.79 Å². The van der Waals surface area contributed by atoms with Crippen LogP contribution >= 0.6 is 0 Å². The van der Waals surface area contributed by atoms with E-state index in [1.54, 1.807) is 7.05 Å². The number of aliphatic hydroxyl groups is 1. The van der Waals surface area contributed by atoms with E-state index in [2.05, 4.69) is 5.32 Å². The van der Waals surface area contributed by atoms with Crippen LogP contribution in [0.2, 0.25) is 0 Å². The third kappa shape index (κ3) is 2.96. The number of hydrogen-bond acceptors (Lipinski definition) is 3. The topological polar surface area (TPSA) is 52.6 Å². The Morgan fingerprint density at radius 2 is 2.14 bits per heavy atom. The maximum absolute atomic E-state index is 11.5. The van der Waals surface area contributed by atoms with E-state index in [1.165, 1.54) is 0 Å². The van der Waals surface area contributed by atoms with Crippen molar-refractivity contribution in [2.24, 2.45) is 5.92 Å². The summed E-state index contributed by atoms with van der Waals surface area (Å²) < 4.78 is 0. The van der Waals surface area contributed by atoms with Gasteiger partial charge in [0.05, 0.1) is 12.6 Å². The Balaban J connectivity index is 2.31. The van der Waals surface area contributed by atoms with Crippen molar-refractivity contribution in [2.75, 3.05) is 26.7 Å². The highest BCUT2D eigenvalue weighted by molar-refractivity contribution is 5.78. The molecule has 0 aliphatic carbocycles. The average molecular weight is 200 g/mol. The van der Waals surface area contributed by atoms with Crippen molar-refractivity contribution in [3.8, 4) is 0 Å². The van der Waals surface area contributed by atoms with E-state index in [1.807, 2.05) is 11.8 Å². The maximum Gasteiger partial charge on any atom is 0.236 e. The summed E-state index contributed by atoms with van der Waals surface area (Å²) in [6.07, 6.45) is 1.61. The van der Waals surface area contributed by atoms with E-state index in [-0.39, 0.29) is 12.0 Å². The number of carbonyl (C=O) groups is 1. The van der Waals surface area contributed by atoms with Crippen LogP contribution in [0.3, 0.4) is 0 Å². The minimum absolute atomic E-state index is 0.163. The molecule has 14 heavy (non-hydrogen) atoms. The van der Waals surface area contributed by atoms with Crippen LogP contribution in [0.1, 0.15) is 19.8 Å². The minimum atomic E-state index is -0.239. The van der Waals surface area contributed by atoms with Gasteiger partial charge < -0.3 is 15.3 Å². The van der Waals surface area contributed by atoms with Crippen molar-refractivity contribution in [3.63, 3.8) is 0 Å². The average Bonchev–Trinajstić information content (AvgIpc) is 2.18. The first-order valence-corrected chi connectivity index (χ1v) is 5.25. The number of rotatable bonds is 3. The van der Waals surface area contributed by atoms with Crippen LogP contribution in [0.4, 0.5) is 0 Å². The number of hydrogen-bond donors (Lipinski definition) is 2. The molecule has 1 atom stereocenters. The van der Waals surface area contributed by atoms with Gasteiger partial charge in [0.15, 0.2) is 0 Å². The zero-order chi connectivity index (χ0) is 10.6. The highest BCUT2D eigenvalue weighted by Gasteiger charge is 2.24. The van der Waals surface area contributed by atoms with Crippen LogP contribution in [-0.2, 0) is 4.79 Å². The fourth-order valence-corrected chi connectivity index (χ4v) is 1.89. The summed E-state index contributed by atoms with van der Waals surface area (Å²) in [7, 11) is 1.78. The Kier molecular flexibility index (Phi) is 4.35. The Hall–Kier alpha value is -0.610. The number of nitrogens with zero attached hydrogens (tertiary/aromatic N) is 1. The van der Waals surface area contributed by atoms with Gasteiger partial charge in [-0.25, -0.2) is 0 Å². The van der Waals surface area contributed by atoms with Crippen LogP contribution in [0, 0.1) is 5.92 Å². The van der Waals surface area contributed by atoms with Gasteiger partial charge in [0.2, 0.25) is 5.91 Å². The maximum atomic E-state index is 11.5. The van der Waals surface area contributed by atoms with E-state index in [9.17, 15) is 9.90 Å². The Labute approximate surface area is 85.3 Å². The van der Waals surface area contributed by atoms with E-state index < -0.39 is 0 Å². The van der Waals surface area contributed by atoms with Gasteiger partial charge in [-0.15, -0.1) is 0 Å². The number of likely N-dealkylation sites (tertiary alicyclic amines) is 1. The summed E-state index contributed by atoms with van der Waals surface area (Å²) in [5.41, 5.74) is 0. The van der Waals surface area contributed by atoms with Crippen molar-refractivity contribution in [1.82, 2.24) is 10.2 Å². The fourth-order valence-electron chi connectivity index (χ4n) is 1.89. The quantitative estimate of drug-likeness (QED) is 0.665. The first-order chi connectivity index (χ1) is 6.65. The standard InChI is InChI=1S/C10H20N2O2/c1-8(13)9-3-5-12(6-4-9)10(14)7-11-2/h8-9,11,13H,3-7H2,1-2H3/t8-/m1/s1. The molecule has 0 spiro atoms. The fraction of sp³-hybridized carbons (Fsp3) is 0.900. The van der Waals surface area contributed by atoms with Crippen LogP contribution in [-0.4, -0.2) is 48.7 Å². The molecule has 1 fully saturated rings. The summed E-state index contributed by atoms with van der Waals surface area (Å²) in [6, 6.07) is 0. The number of nitrogens with one attached hydrogen (secondary N) is 1. The van der Waals surface area contributed by atoms with Crippen molar-refractivity contribution in [2.45, 2.75) is 25.9 Å². The first-order valence-electron chi connectivity index (χ1n) is 5.25.